The van der Waals surface area contributed by atoms with Crippen LogP contribution in [0.3, 0.4) is 0 Å². The van der Waals surface area contributed by atoms with Crippen molar-refractivity contribution in [3.63, 3.8) is 0 Å². The molecule has 0 radical (unpaired) electrons. The lowest BCUT2D eigenvalue weighted by Gasteiger charge is -2.08. The molecule has 3 heteroatoms. The first-order valence-electron chi connectivity index (χ1n) is 4.53. The second-order valence-corrected chi connectivity index (χ2v) is 3.39. The van der Waals surface area contributed by atoms with Gasteiger partial charge in [0.05, 0.1) is 12.7 Å². The molecule has 14 heavy (non-hydrogen) atoms. The highest BCUT2D eigenvalue weighted by molar-refractivity contribution is 6.04. The van der Waals surface area contributed by atoms with Crippen molar-refractivity contribution in [2.75, 3.05) is 7.11 Å². The standard InChI is InChI=1S/C11H12O3/c1-6-9(13-3)5-4-8-10(12)7(2)14-11(6)8/h4-5,7H,1-3H3. The van der Waals surface area contributed by atoms with Crippen LogP contribution in [-0.4, -0.2) is 19.0 Å². The smallest absolute Gasteiger partial charge is 0.206 e. The first-order valence-corrected chi connectivity index (χ1v) is 4.53. The van der Waals surface area contributed by atoms with Gasteiger partial charge in [0.25, 0.3) is 0 Å². The largest absolute Gasteiger partial charge is 0.496 e. The van der Waals surface area contributed by atoms with E-state index in [0.29, 0.717) is 11.3 Å². The van der Waals surface area contributed by atoms with Crippen molar-refractivity contribution in [3.05, 3.63) is 23.3 Å². The third kappa shape index (κ3) is 1.09. The molecule has 0 saturated carbocycles. The molecule has 1 heterocycles. The minimum Gasteiger partial charge on any atom is -0.496 e. The average Bonchev–Trinajstić information content (AvgIpc) is 2.46. The highest BCUT2D eigenvalue weighted by Crippen LogP contribution is 2.36. The second-order valence-electron chi connectivity index (χ2n) is 3.39. The third-order valence-electron chi connectivity index (χ3n) is 2.51. The van der Waals surface area contributed by atoms with E-state index in [9.17, 15) is 4.79 Å². The number of fused-ring (bicyclic) bond motifs is 1. The number of rotatable bonds is 1. The fraction of sp³-hybridized carbons (Fsp3) is 0.364. The van der Waals surface area contributed by atoms with Gasteiger partial charge in [-0.1, -0.05) is 0 Å². The number of benzene rings is 1. The van der Waals surface area contributed by atoms with Crippen LogP contribution in [0.1, 0.15) is 22.8 Å². The molecule has 0 aliphatic carbocycles. The summed E-state index contributed by atoms with van der Waals surface area (Å²) in [6, 6.07) is 3.56. The third-order valence-corrected chi connectivity index (χ3v) is 2.51. The lowest BCUT2D eigenvalue weighted by molar-refractivity contribution is 0.0878. The van der Waals surface area contributed by atoms with Gasteiger partial charge < -0.3 is 9.47 Å². The fourth-order valence-electron chi connectivity index (χ4n) is 1.69. The highest BCUT2D eigenvalue weighted by Gasteiger charge is 2.30. The zero-order chi connectivity index (χ0) is 10.3. The first kappa shape index (κ1) is 9.06. The van der Waals surface area contributed by atoms with E-state index >= 15 is 0 Å². The topological polar surface area (TPSA) is 35.5 Å². The summed E-state index contributed by atoms with van der Waals surface area (Å²) in [4.78, 5) is 11.6. The van der Waals surface area contributed by atoms with Crippen molar-refractivity contribution < 1.29 is 14.3 Å². The number of hydrogen-bond acceptors (Lipinski definition) is 3. The van der Waals surface area contributed by atoms with Gasteiger partial charge in [-0.3, -0.25) is 4.79 Å². The van der Waals surface area contributed by atoms with Gasteiger partial charge in [0.1, 0.15) is 11.5 Å². The summed E-state index contributed by atoms with van der Waals surface area (Å²) in [6.07, 6.45) is -0.365. The molecular formula is C11H12O3. The number of hydrogen-bond donors (Lipinski definition) is 0. The molecule has 0 fully saturated rings. The van der Waals surface area contributed by atoms with Crippen molar-refractivity contribution >= 4 is 5.78 Å². The van der Waals surface area contributed by atoms with E-state index in [1.807, 2.05) is 6.92 Å². The number of methoxy groups -OCH3 is 1. The normalized spacial score (nSPS) is 19.1. The van der Waals surface area contributed by atoms with Gasteiger partial charge in [-0.2, -0.15) is 0 Å². The first-order chi connectivity index (χ1) is 6.65. The zero-order valence-corrected chi connectivity index (χ0v) is 8.46. The number of carbonyl (C=O) groups is 1. The van der Waals surface area contributed by atoms with E-state index in [1.54, 1.807) is 26.2 Å². The summed E-state index contributed by atoms with van der Waals surface area (Å²) >= 11 is 0. The van der Waals surface area contributed by atoms with E-state index in [4.69, 9.17) is 9.47 Å². The molecule has 3 nitrogen and oxygen atoms in total. The fourth-order valence-corrected chi connectivity index (χ4v) is 1.69. The van der Waals surface area contributed by atoms with Crippen molar-refractivity contribution in [2.45, 2.75) is 20.0 Å². The van der Waals surface area contributed by atoms with E-state index in [-0.39, 0.29) is 11.9 Å². The Kier molecular flexibility index (Phi) is 1.95. The van der Waals surface area contributed by atoms with Crippen LogP contribution in [0, 0.1) is 6.92 Å². The molecule has 0 saturated heterocycles. The molecule has 1 unspecified atom stereocenters. The SMILES string of the molecule is COc1ccc2c(c1C)OC(C)C2=O. The van der Waals surface area contributed by atoms with Crippen molar-refractivity contribution in [3.8, 4) is 11.5 Å². The predicted molar refractivity (Wildman–Crippen MR) is 52.2 cm³/mol. The maximum Gasteiger partial charge on any atom is 0.206 e. The lowest BCUT2D eigenvalue weighted by Crippen LogP contribution is -2.14. The molecule has 0 amide bonds. The number of carbonyl (C=O) groups excluding carboxylic acids is 1. The Morgan fingerprint density at radius 3 is 2.79 bits per heavy atom. The van der Waals surface area contributed by atoms with E-state index in [1.165, 1.54) is 0 Å². The Balaban J connectivity index is 2.58. The van der Waals surface area contributed by atoms with Crippen molar-refractivity contribution in [2.24, 2.45) is 0 Å². The predicted octanol–water partition coefficient (Wildman–Crippen LogP) is 1.97. The van der Waals surface area contributed by atoms with Crippen LogP contribution < -0.4 is 9.47 Å². The average molecular weight is 192 g/mol. The van der Waals surface area contributed by atoms with E-state index in [0.717, 1.165) is 11.3 Å². The molecule has 0 spiro atoms. The summed E-state index contributed by atoms with van der Waals surface area (Å²) in [5, 5.41) is 0. The molecule has 2 rings (SSSR count). The maximum absolute atomic E-state index is 11.6. The Bertz CT molecular complexity index is 396. The quantitative estimate of drug-likeness (QED) is 0.682. The van der Waals surface area contributed by atoms with Crippen LogP contribution in [0.15, 0.2) is 12.1 Å². The summed E-state index contributed by atoms with van der Waals surface area (Å²) in [7, 11) is 1.61. The monoisotopic (exact) mass is 192 g/mol. The molecule has 0 bridgehead atoms. The molecule has 1 aliphatic heterocycles. The van der Waals surface area contributed by atoms with Gasteiger partial charge in [0.15, 0.2) is 6.10 Å². The summed E-state index contributed by atoms with van der Waals surface area (Å²) in [5.74, 6) is 1.47. The molecule has 1 aliphatic rings. The number of ether oxygens (including phenoxy) is 2. The Morgan fingerprint density at radius 2 is 2.14 bits per heavy atom. The Morgan fingerprint density at radius 1 is 1.43 bits per heavy atom. The van der Waals surface area contributed by atoms with E-state index in [2.05, 4.69) is 0 Å². The van der Waals surface area contributed by atoms with Gasteiger partial charge in [-0.25, -0.2) is 0 Å². The molecule has 0 N–H and O–H groups in total. The van der Waals surface area contributed by atoms with Crippen LogP contribution in [0.2, 0.25) is 0 Å². The molecule has 0 aromatic heterocycles. The summed E-state index contributed by atoms with van der Waals surface area (Å²) < 4.78 is 10.6. The van der Waals surface area contributed by atoms with Crippen LogP contribution >= 0.6 is 0 Å². The Labute approximate surface area is 82.6 Å². The van der Waals surface area contributed by atoms with Gasteiger partial charge in [0.2, 0.25) is 5.78 Å². The van der Waals surface area contributed by atoms with Crippen molar-refractivity contribution in [1.82, 2.24) is 0 Å². The van der Waals surface area contributed by atoms with Crippen LogP contribution in [-0.2, 0) is 0 Å². The maximum atomic E-state index is 11.6. The summed E-state index contributed by atoms with van der Waals surface area (Å²) in [5.41, 5.74) is 1.55. The van der Waals surface area contributed by atoms with Crippen LogP contribution in [0.4, 0.5) is 0 Å². The second kappa shape index (κ2) is 3.01. The molecule has 1 atom stereocenters. The highest BCUT2D eigenvalue weighted by atomic mass is 16.5. The van der Waals surface area contributed by atoms with Crippen LogP contribution in [0.25, 0.3) is 0 Å². The van der Waals surface area contributed by atoms with Crippen LogP contribution in [0.5, 0.6) is 11.5 Å². The van der Waals surface area contributed by atoms with Gasteiger partial charge >= 0.3 is 0 Å². The minimum absolute atomic E-state index is 0.0470. The molecular weight excluding hydrogens is 180 g/mol. The molecule has 1 aromatic carbocycles. The summed E-state index contributed by atoms with van der Waals surface area (Å²) in [6.45, 7) is 3.65. The molecule has 1 aromatic rings. The molecule has 74 valence electrons. The number of Topliss-reactive ketones (excluding diaryl/α,β-unsaturated/α-hetero) is 1. The van der Waals surface area contributed by atoms with Gasteiger partial charge in [-0.15, -0.1) is 0 Å². The Hall–Kier alpha value is -1.51. The van der Waals surface area contributed by atoms with Gasteiger partial charge in [-0.05, 0) is 26.0 Å². The van der Waals surface area contributed by atoms with Gasteiger partial charge in [0, 0.05) is 5.56 Å². The van der Waals surface area contributed by atoms with Crippen molar-refractivity contribution in [1.29, 1.82) is 0 Å². The van der Waals surface area contributed by atoms with E-state index < -0.39 is 0 Å². The minimum atomic E-state index is -0.365. The zero-order valence-electron chi connectivity index (χ0n) is 8.46. The lowest BCUT2D eigenvalue weighted by atomic mass is 10.1. The number of ketones is 1.